The van der Waals surface area contributed by atoms with Gasteiger partial charge < -0.3 is 36.6 Å². The number of aryl methyl sites for hydroxylation is 1. The predicted octanol–water partition coefficient (Wildman–Crippen LogP) is 1.55. The first-order chi connectivity index (χ1) is 13.6. The Hall–Kier alpha value is -1.92. The molecule has 0 atom stereocenters. The number of hydrogen-bond donors (Lipinski definition) is 4. The quantitative estimate of drug-likeness (QED) is 0.0986. The topological polar surface area (TPSA) is 182 Å². The third-order valence-corrected chi connectivity index (χ3v) is 4.95. The van der Waals surface area contributed by atoms with E-state index >= 15 is 0 Å². The number of hydrogen-bond acceptors (Lipinski definition) is 9. The van der Waals surface area contributed by atoms with Crippen molar-refractivity contribution in [2.75, 3.05) is 13.1 Å². The van der Waals surface area contributed by atoms with Crippen LogP contribution in [0.15, 0.2) is 22.7 Å². The van der Waals surface area contributed by atoms with Crippen LogP contribution in [0.2, 0.25) is 0 Å². The third kappa shape index (κ3) is 9.40. The molecule has 1 heterocycles. The molecule has 174 valence electrons. The second-order valence-electron chi connectivity index (χ2n) is 7.83. The molecule has 1 aromatic heterocycles. The maximum absolute atomic E-state index is 11.0. The molecular weight excluding hydrogens is 492 g/mol. The van der Waals surface area contributed by atoms with Crippen molar-refractivity contribution in [2.45, 2.75) is 71.5 Å². The van der Waals surface area contributed by atoms with E-state index in [0.717, 1.165) is 6.42 Å². The minimum absolute atomic E-state index is 0. The zero-order valence-electron chi connectivity index (χ0n) is 18.7. The van der Waals surface area contributed by atoms with Crippen LogP contribution in [0.4, 0.5) is 5.95 Å². The van der Waals surface area contributed by atoms with Crippen LogP contribution in [0.1, 0.15) is 53.9 Å². The maximum Gasteiger partial charge on any atom is 5.00 e. The number of nitro groups is 1. The van der Waals surface area contributed by atoms with Crippen LogP contribution in [0.25, 0.3) is 0 Å². The van der Waals surface area contributed by atoms with Crippen LogP contribution in [-0.4, -0.2) is 66.0 Å². The van der Waals surface area contributed by atoms with E-state index in [1.807, 2.05) is 34.6 Å². The first-order valence-electron chi connectivity index (χ1n) is 9.67. The SMILES string of the molecule is CC/C(=N\O)C(C)(C)NCCCNC(C)(C)/C(CCn1ccnc1[N+](=O)[O-])=N/O.O.[Tc+5]. The monoisotopic (exact) mass is 526 g/mol. The van der Waals surface area contributed by atoms with Crippen LogP contribution in [-0.2, 0) is 26.7 Å². The minimum Gasteiger partial charge on any atom is -0.412 e. The van der Waals surface area contributed by atoms with Gasteiger partial charge in [0, 0.05) is 6.42 Å². The Kier molecular flexibility index (Phi) is 14.3. The molecule has 0 fully saturated rings. The number of nitrogens with one attached hydrogen (secondary N) is 2. The van der Waals surface area contributed by atoms with Crippen molar-refractivity contribution in [1.82, 2.24) is 20.2 Å². The molecule has 0 saturated heterocycles. The molecule has 0 unspecified atom stereocenters. The number of oxime groups is 2. The summed E-state index contributed by atoms with van der Waals surface area (Å²) in [5.41, 5.74) is 0.209. The van der Waals surface area contributed by atoms with Gasteiger partial charge in [-0.05, 0) is 58.5 Å². The fourth-order valence-electron chi connectivity index (χ4n) is 3.09. The van der Waals surface area contributed by atoms with E-state index in [1.54, 1.807) is 0 Å². The zero-order chi connectivity index (χ0) is 22.1. The fraction of sp³-hybridized carbons (Fsp3) is 0.722. The van der Waals surface area contributed by atoms with Gasteiger partial charge in [-0.1, -0.05) is 22.2 Å². The molecule has 0 amide bonds. The fourth-order valence-corrected chi connectivity index (χ4v) is 3.09. The van der Waals surface area contributed by atoms with E-state index in [2.05, 4.69) is 25.9 Å². The molecule has 31 heavy (non-hydrogen) atoms. The number of nitrogens with zero attached hydrogens (tertiary/aromatic N) is 5. The first-order valence-corrected chi connectivity index (χ1v) is 9.67. The summed E-state index contributed by atoms with van der Waals surface area (Å²) in [5, 5.41) is 42.9. The van der Waals surface area contributed by atoms with Crippen molar-refractivity contribution in [3.05, 3.63) is 22.5 Å². The molecular formula is C18H35N7O5Tc+5. The number of rotatable bonds is 13. The summed E-state index contributed by atoms with van der Waals surface area (Å²) < 4.78 is 1.42. The van der Waals surface area contributed by atoms with E-state index in [4.69, 9.17) is 5.21 Å². The average molecular weight is 528 g/mol. The second-order valence-corrected chi connectivity index (χ2v) is 7.83. The van der Waals surface area contributed by atoms with E-state index < -0.39 is 16.0 Å². The Bertz CT molecular complexity index is 735. The Balaban J connectivity index is 0. The Labute approximate surface area is 196 Å². The molecule has 13 heteroatoms. The van der Waals surface area contributed by atoms with Gasteiger partial charge in [0.1, 0.15) is 12.4 Å². The summed E-state index contributed by atoms with van der Waals surface area (Å²) in [7, 11) is 0. The molecule has 6 N–H and O–H groups in total. The van der Waals surface area contributed by atoms with Crippen LogP contribution in [0.5, 0.6) is 0 Å². The Morgan fingerprint density at radius 1 is 1.16 bits per heavy atom. The van der Waals surface area contributed by atoms with Gasteiger partial charge in [0.15, 0.2) is 0 Å². The molecule has 0 aliphatic carbocycles. The van der Waals surface area contributed by atoms with Gasteiger partial charge in [0.05, 0.1) is 29.0 Å². The molecule has 12 nitrogen and oxygen atoms in total. The van der Waals surface area contributed by atoms with E-state index in [1.165, 1.54) is 17.0 Å². The van der Waals surface area contributed by atoms with Gasteiger partial charge >= 0.3 is 26.1 Å². The predicted molar refractivity (Wildman–Crippen MR) is 115 cm³/mol. The van der Waals surface area contributed by atoms with Crippen molar-refractivity contribution >= 4 is 17.4 Å². The number of aromatic nitrogens is 2. The second kappa shape index (κ2) is 14.2. The van der Waals surface area contributed by atoms with Crippen molar-refractivity contribution < 1.29 is 40.9 Å². The minimum atomic E-state index is -0.583. The summed E-state index contributed by atoms with van der Waals surface area (Å²) in [5.74, 6) is -0.236. The van der Waals surface area contributed by atoms with Gasteiger partial charge in [-0.15, -0.1) is 0 Å². The summed E-state index contributed by atoms with van der Waals surface area (Å²) >= 11 is 0. The Morgan fingerprint density at radius 2 is 1.68 bits per heavy atom. The Morgan fingerprint density at radius 3 is 2.13 bits per heavy atom. The molecule has 0 radical (unpaired) electrons. The molecule has 0 saturated carbocycles. The third-order valence-electron chi connectivity index (χ3n) is 4.95. The number of imidazole rings is 1. The molecule has 0 aliphatic rings. The molecule has 1 rings (SSSR count). The van der Waals surface area contributed by atoms with Gasteiger partial charge in [0.2, 0.25) is 0 Å². The van der Waals surface area contributed by atoms with Crippen LogP contribution in [0.3, 0.4) is 0 Å². The summed E-state index contributed by atoms with van der Waals surface area (Å²) in [6, 6.07) is 0. The van der Waals surface area contributed by atoms with Crippen LogP contribution < -0.4 is 10.6 Å². The van der Waals surface area contributed by atoms with E-state index in [9.17, 15) is 15.3 Å². The van der Waals surface area contributed by atoms with Crippen molar-refractivity contribution in [2.24, 2.45) is 10.3 Å². The molecule has 0 spiro atoms. The molecule has 1 aromatic rings. The summed E-state index contributed by atoms with van der Waals surface area (Å²) in [6.45, 7) is 11.3. The first kappa shape index (κ1) is 31.3. The average Bonchev–Trinajstić information content (AvgIpc) is 3.11. The smallest absolute Gasteiger partial charge is 0.412 e. The van der Waals surface area contributed by atoms with Crippen molar-refractivity contribution in [1.29, 1.82) is 0 Å². The molecule has 0 aromatic carbocycles. The van der Waals surface area contributed by atoms with Gasteiger partial charge in [0.25, 0.3) is 0 Å². The van der Waals surface area contributed by atoms with Crippen LogP contribution >= 0.6 is 0 Å². The normalized spacial score (nSPS) is 12.8. The summed E-state index contributed by atoms with van der Waals surface area (Å²) in [6.07, 6.45) is 4.71. The van der Waals surface area contributed by atoms with Crippen LogP contribution in [0, 0.1) is 10.1 Å². The molecule has 0 bridgehead atoms. The van der Waals surface area contributed by atoms with E-state index in [0.29, 0.717) is 37.4 Å². The standard InChI is InChI=1S/C18H33N7O4.H2O.Tc/c1-6-14(22-26)17(2,3)20-9-7-10-21-18(4,5)15(23-27)8-12-24-13-11-19-16(24)25(28)29;;/h11,13,20-21,26-27H,6-10,12H2,1-5H3;1H2;/q;;+5/b22-14+,23-15+;;. The molecule has 0 aliphatic heterocycles. The van der Waals surface area contributed by atoms with Gasteiger partial charge in [-0.25, -0.2) is 4.57 Å². The summed E-state index contributed by atoms with van der Waals surface area (Å²) in [4.78, 5) is 14.1. The maximum atomic E-state index is 11.0. The van der Waals surface area contributed by atoms with Gasteiger partial charge in [-0.3, -0.25) is 0 Å². The largest absolute Gasteiger partial charge is 5.00 e. The van der Waals surface area contributed by atoms with E-state index in [-0.39, 0.29) is 38.1 Å². The zero-order valence-corrected chi connectivity index (χ0v) is 20.6. The van der Waals surface area contributed by atoms with Gasteiger partial charge in [-0.2, -0.15) is 0 Å². The van der Waals surface area contributed by atoms with Crippen molar-refractivity contribution in [3.8, 4) is 0 Å². The van der Waals surface area contributed by atoms with Crippen molar-refractivity contribution in [3.63, 3.8) is 0 Å².